The van der Waals surface area contributed by atoms with Gasteiger partial charge in [-0.1, -0.05) is 18.1 Å². The van der Waals surface area contributed by atoms with E-state index in [0.717, 1.165) is 12.1 Å². The Hall–Kier alpha value is -1.79. The second-order valence-electron chi connectivity index (χ2n) is 2.97. The predicted octanol–water partition coefficient (Wildman–Crippen LogP) is 0.930. The van der Waals surface area contributed by atoms with Crippen LogP contribution in [0.25, 0.3) is 0 Å². The highest BCUT2D eigenvalue weighted by Crippen LogP contribution is 2.02. The van der Waals surface area contributed by atoms with E-state index in [0.29, 0.717) is 0 Å². The number of ether oxygens (including phenoxy) is 1. The fraction of sp³-hybridized carbons (Fsp3) is 0.250. The van der Waals surface area contributed by atoms with Crippen LogP contribution in [0.15, 0.2) is 24.3 Å². The van der Waals surface area contributed by atoms with Gasteiger partial charge in [-0.25, -0.2) is 4.79 Å². The first-order valence-electron chi connectivity index (χ1n) is 4.59. The summed E-state index contributed by atoms with van der Waals surface area (Å²) in [5.41, 5.74) is 1.99. The molecule has 0 aliphatic rings. The molecule has 0 saturated carbocycles. The van der Waals surface area contributed by atoms with Gasteiger partial charge in [-0.2, -0.15) is 0 Å². The fourth-order valence-corrected chi connectivity index (χ4v) is 1.08. The largest absolute Gasteiger partial charge is 0.459 e. The van der Waals surface area contributed by atoms with E-state index in [9.17, 15) is 4.79 Å². The van der Waals surface area contributed by atoms with Crippen LogP contribution in [0.1, 0.15) is 11.1 Å². The fourth-order valence-electron chi connectivity index (χ4n) is 1.08. The van der Waals surface area contributed by atoms with Crippen LogP contribution in [-0.2, 0) is 16.1 Å². The summed E-state index contributed by atoms with van der Waals surface area (Å²) in [5, 5.41) is 3.05. The van der Waals surface area contributed by atoms with E-state index < -0.39 is 5.97 Å². The lowest BCUT2D eigenvalue weighted by Crippen LogP contribution is -2.04. The number of methoxy groups -OCH3 is 1. The van der Waals surface area contributed by atoms with E-state index in [1.54, 1.807) is 0 Å². The molecule has 0 aliphatic heterocycles. The number of hydrogen-bond acceptors (Lipinski definition) is 3. The number of hydrogen-bond donors (Lipinski definition) is 1. The van der Waals surface area contributed by atoms with Crippen molar-refractivity contribution in [2.24, 2.45) is 0 Å². The van der Waals surface area contributed by atoms with Crippen LogP contribution in [0.4, 0.5) is 0 Å². The molecule has 0 bridgehead atoms. The molecular formula is C12H13NO2. The van der Waals surface area contributed by atoms with Crippen LogP contribution in [0, 0.1) is 11.8 Å². The average Bonchev–Trinajstić information content (AvgIpc) is 2.28. The van der Waals surface area contributed by atoms with Crippen LogP contribution in [0.5, 0.6) is 0 Å². The third-order valence-corrected chi connectivity index (χ3v) is 1.83. The van der Waals surface area contributed by atoms with Gasteiger partial charge in [0.15, 0.2) is 0 Å². The number of benzene rings is 1. The Morgan fingerprint density at radius 3 is 2.60 bits per heavy atom. The Bertz CT molecular complexity index is 384. The van der Waals surface area contributed by atoms with Crippen LogP contribution in [0.2, 0.25) is 0 Å². The minimum absolute atomic E-state index is 0.519. The molecule has 1 N–H and O–H groups in total. The lowest BCUT2D eigenvalue weighted by molar-refractivity contribution is -0.133. The summed E-state index contributed by atoms with van der Waals surface area (Å²) in [6.07, 6.45) is 0. The van der Waals surface area contributed by atoms with Crippen molar-refractivity contribution >= 4 is 5.97 Å². The molecule has 1 aromatic carbocycles. The Morgan fingerprint density at radius 2 is 2.07 bits per heavy atom. The average molecular weight is 203 g/mol. The highest BCUT2D eigenvalue weighted by molar-refractivity contribution is 5.88. The first kappa shape index (κ1) is 11.3. The van der Waals surface area contributed by atoms with Crippen molar-refractivity contribution in [3.63, 3.8) is 0 Å². The molecule has 0 atom stereocenters. The van der Waals surface area contributed by atoms with Gasteiger partial charge >= 0.3 is 5.97 Å². The van der Waals surface area contributed by atoms with E-state index in [2.05, 4.69) is 21.9 Å². The van der Waals surface area contributed by atoms with Crippen LogP contribution in [0.3, 0.4) is 0 Å². The Morgan fingerprint density at radius 1 is 1.40 bits per heavy atom. The Kier molecular flexibility index (Phi) is 4.39. The zero-order valence-electron chi connectivity index (χ0n) is 8.83. The highest BCUT2D eigenvalue weighted by Gasteiger charge is 1.92. The van der Waals surface area contributed by atoms with Crippen molar-refractivity contribution < 1.29 is 9.53 Å². The van der Waals surface area contributed by atoms with Gasteiger partial charge in [0.25, 0.3) is 0 Å². The molecule has 0 aliphatic carbocycles. The van der Waals surface area contributed by atoms with Crippen LogP contribution >= 0.6 is 0 Å². The molecule has 15 heavy (non-hydrogen) atoms. The summed E-state index contributed by atoms with van der Waals surface area (Å²) in [7, 11) is 3.21. The molecule has 0 aromatic heterocycles. The third-order valence-electron chi connectivity index (χ3n) is 1.83. The Balaban J connectivity index is 2.70. The van der Waals surface area contributed by atoms with Crippen molar-refractivity contribution in [1.82, 2.24) is 5.32 Å². The third kappa shape index (κ3) is 3.84. The molecule has 0 amide bonds. The predicted molar refractivity (Wildman–Crippen MR) is 58.1 cm³/mol. The van der Waals surface area contributed by atoms with Crippen molar-refractivity contribution in [2.75, 3.05) is 14.2 Å². The SMILES string of the molecule is CNCc1ccc(C#CC(=O)OC)cc1. The quantitative estimate of drug-likeness (QED) is 0.574. The van der Waals surface area contributed by atoms with Gasteiger partial charge in [-0.3, -0.25) is 0 Å². The summed E-state index contributed by atoms with van der Waals surface area (Å²) in [5.74, 6) is 4.57. The second-order valence-corrected chi connectivity index (χ2v) is 2.97. The van der Waals surface area contributed by atoms with E-state index in [1.807, 2.05) is 31.3 Å². The van der Waals surface area contributed by atoms with Gasteiger partial charge in [0.05, 0.1) is 7.11 Å². The smallest absolute Gasteiger partial charge is 0.384 e. The number of carbonyl (C=O) groups excluding carboxylic acids is 1. The zero-order valence-corrected chi connectivity index (χ0v) is 8.83. The van der Waals surface area contributed by atoms with Gasteiger partial charge in [0.1, 0.15) is 0 Å². The number of rotatable bonds is 2. The minimum Gasteiger partial charge on any atom is -0.459 e. The standard InChI is InChI=1S/C12H13NO2/c1-13-9-11-5-3-10(4-6-11)7-8-12(14)15-2/h3-6,13H,9H2,1-2H3. The van der Waals surface area contributed by atoms with Gasteiger partial charge < -0.3 is 10.1 Å². The van der Waals surface area contributed by atoms with Crippen molar-refractivity contribution in [3.8, 4) is 11.8 Å². The van der Waals surface area contributed by atoms with E-state index in [1.165, 1.54) is 12.7 Å². The van der Waals surface area contributed by atoms with Crippen LogP contribution in [-0.4, -0.2) is 20.1 Å². The van der Waals surface area contributed by atoms with E-state index in [4.69, 9.17) is 0 Å². The molecule has 3 nitrogen and oxygen atoms in total. The lowest BCUT2D eigenvalue weighted by Gasteiger charge is -1.98. The number of carbonyl (C=O) groups is 1. The van der Waals surface area contributed by atoms with Gasteiger partial charge in [-0.05, 0) is 24.7 Å². The first-order valence-corrected chi connectivity index (χ1v) is 4.59. The normalized spacial score (nSPS) is 8.93. The molecule has 0 unspecified atom stereocenters. The van der Waals surface area contributed by atoms with E-state index >= 15 is 0 Å². The molecule has 78 valence electrons. The monoisotopic (exact) mass is 203 g/mol. The summed E-state index contributed by atoms with van der Waals surface area (Å²) in [4.78, 5) is 10.7. The summed E-state index contributed by atoms with van der Waals surface area (Å²) < 4.78 is 4.41. The molecule has 0 fully saturated rings. The molecule has 1 rings (SSSR count). The van der Waals surface area contributed by atoms with E-state index in [-0.39, 0.29) is 0 Å². The van der Waals surface area contributed by atoms with Gasteiger partial charge in [0.2, 0.25) is 0 Å². The van der Waals surface area contributed by atoms with Gasteiger partial charge in [0, 0.05) is 18.0 Å². The minimum atomic E-state index is -0.519. The molecular weight excluding hydrogens is 190 g/mol. The maximum Gasteiger partial charge on any atom is 0.384 e. The summed E-state index contributed by atoms with van der Waals surface area (Å²) in [6.45, 7) is 0.824. The maximum atomic E-state index is 10.7. The zero-order chi connectivity index (χ0) is 11.1. The van der Waals surface area contributed by atoms with Crippen LogP contribution < -0.4 is 5.32 Å². The lowest BCUT2D eigenvalue weighted by atomic mass is 10.1. The topological polar surface area (TPSA) is 38.3 Å². The molecule has 0 heterocycles. The van der Waals surface area contributed by atoms with Crippen molar-refractivity contribution in [2.45, 2.75) is 6.54 Å². The van der Waals surface area contributed by atoms with Gasteiger partial charge in [-0.15, -0.1) is 0 Å². The molecule has 3 heteroatoms. The van der Waals surface area contributed by atoms with Crippen molar-refractivity contribution in [1.29, 1.82) is 0 Å². The summed E-state index contributed by atoms with van der Waals surface area (Å²) >= 11 is 0. The number of esters is 1. The number of nitrogens with one attached hydrogen (secondary N) is 1. The molecule has 1 aromatic rings. The highest BCUT2D eigenvalue weighted by atomic mass is 16.5. The maximum absolute atomic E-state index is 10.7. The Labute approximate surface area is 89.4 Å². The first-order chi connectivity index (χ1) is 7.26. The molecule has 0 spiro atoms. The van der Waals surface area contributed by atoms with Crippen molar-refractivity contribution in [3.05, 3.63) is 35.4 Å². The second kappa shape index (κ2) is 5.84. The summed E-state index contributed by atoms with van der Waals surface area (Å²) in [6, 6.07) is 7.70. The molecule has 0 radical (unpaired) electrons. The molecule has 0 saturated heterocycles.